The van der Waals surface area contributed by atoms with Gasteiger partial charge in [-0.2, -0.15) is 0 Å². The van der Waals surface area contributed by atoms with E-state index in [0.29, 0.717) is 36.2 Å². The Balaban J connectivity index is 1.96. The fraction of sp³-hybridized carbons (Fsp3) is 0.200. The van der Waals surface area contributed by atoms with Crippen LogP contribution in [0.25, 0.3) is 11.0 Å². The summed E-state index contributed by atoms with van der Waals surface area (Å²) in [6.45, 7) is 0. The van der Waals surface area contributed by atoms with E-state index in [-0.39, 0.29) is 11.8 Å². The molecule has 0 saturated carbocycles. The minimum Gasteiger partial charge on any atom is -0.469 e. The lowest BCUT2D eigenvalue weighted by molar-refractivity contribution is -0.140. The highest BCUT2D eigenvalue weighted by atomic mass is 16.5. The van der Waals surface area contributed by atoms with Crippen LogP contribution in [0.4, 0.5) is 0 Å². The Labute approximate surface area is 140 Å². The number of furan rings is 1. The highest BCUT2D eigenvalue weighted by Crippen LogP contribution is 2.29. The van der Waals surface area contributed by atoms with Crippen molar-refractivity contribution in [2.24, 2.45) is 0 Å². The summed E-state index contributed by atoms with van der Waals surface area (Å²) in [5.41, 5.74) is 2.12. The number of hydrogen-bond acceptors (Lipinski definition) is 4. The van der Waals surface area contributed by atoms with Gasteiger partial charge in [0.05, 0.1) is 7.11 Å². The quantitative estimate of drug-likeness (QED) is 0.505. The van der Waals surface area contributed by atoms with E-state index in [0.717, 1.165) is 10.9 Å². The van der Waals surface area contributed by atoms with E-state index >= 15 is 0 Å². The number of methoxy groups -OCH3 is 1. The van der Waals surface area contributed by atoms with Gasteiger partial charge in [0, 0.05) is 22.9 Å². The summed E-state index contributed by atoms with van der Waals surface area (Å²) in [6, 6.07) is 16.6. The standard InChI is InChI=1S/C20H18O4/c1-23-18(21)13-7-11-16-15-10-5-6-12-17(15)24-20(16)19(22)14-8-3-2-4-9-14/h2-6,8-10,12H,7,11,13H2,1H3. The van der Waals surface area contributed by atoms with Crippen LogP contribution in [0.15, 0.2) is 59.0 Å². The number of carbonyl (C=O) groups is 2. The molecule has 0 bridgehead atoms. The summed E-state index contributed by atoms with van der Waals surface area (Å²) in [5.74, 6) is -0.0362. The van der Waals surface area contributed by atoms with Crippen LogP contribution in [0.1, 0.15) is 34.5 Å². The van der Waals surface area contributed by atoms with Crippen molar-refractivity contribution < 1.29 is 18.7 Å². The monoisotopic (exact) mass is 322 g/mol. The van der Waals surface area contributed by atoms with Crippen molar-refractivity contribution in [3.05, 3.63) is 71.5 Å². The number of esters is 1. The highest BCUT2D eigenvalue weighted by Gasteiger charge is 2.21. The largest absolute Gasteiger partial charge is 0.469 e. The lowest BCUT2D eigenvalue weighted by Crippen LogP contribution is -2.05. The number of carbonyl (C=O) groups excluding carboxylic acids is 2. The molecule has 1 heterocycles. The fourth-order valence-corrected chi connectivity index (χ4v) is 2.76. The van der Waals surface area contributed by atoms with Crippen molar-refractivity contribution >= 4 is 22.7 Å². The Morgan fingerprint density at radius 3 is 2.46 bits per heavy atom. The summed E-state index contributed by atoms with van der Waals surface area (Å²) in [4.78, 5) is 24.1. The molecule has 122 valence electrons. The molecule has 3 aromatic rings. The van der Waals surface area contributed by atoms with Gasteiger partial charge in [0.25, 0.3) is 0 Å². The molecule has 1 aromatic heterocycles. The van der Waals surface area contributed by atoms with Gasteiger partial charge in [-0.3, -0.25) is 9.59 Å². The molecule has 0 aliphatic carbocycles. The SMILES string of the molecule is COC(=O)CCCc1c(C(=O)c2ccccc2)oc2ccccc12. The van der Waals surface area contributed by atoms with Crippen molar-refractivity contribution in [1.29, 1.82) is 0 Å². The second-order valence-corrected chi connectivity index (χ2v) is 5.53. The molecule has 0 N–H and O–H groups in total. The predicted molar refractivity (Wildman–Crippen MR) is 91.0 cm³/mol. The Bertz CT molecular complexity index is 862. The molecule has 0 aliphatic rings. The fourth-order valence-electron chi connectivity index (χ4n) is 2.76. The molecule has 4 heteroatoms. The van der Waals surface area contributed by atoms with Crippen LogP contribution in [-0.4, -0.2) is 18.9 Å². The van der Waals surface area contributed by atoms with E-state index in [1.807, 2.05) is 42.5 Å². The number of para-hydroxylation sites is 1. The molecule has 0 fully saturated rings. The molecule has 0 aliphatic heterocycles. The molecule has 0 radical (unpaired) electrons. The van der Waals surface area contributed by atoms with Crippen LogP contribution in [0, 0.1) is 0 Å². The topological polar surface area (TPSA) is 56.5 Å². The second-order valence-electron chi connectivity index (χ2n) is 5.53. The van der Waals surface area contributed by atoms with E-state index < -0.39 is 0 Å². The van der Waals surface area contributed by atoms with Gasteiger partial charge in [0.1, 0.15) is 5.58 Å². The van der Waals surface area contributed by atoms with Gasteiger partial charge in [-0.1, -0.05) is 48.5 Å². The predicted octanol–water partition coefficient (Wildman–Crippen LogP) is 4.16. The first-order chi connectivity index (χ1) is 11.7. The van der Waals surface area contributed by atoms with Crippen molar-refractivity contribution in [2.45, 2.75) is 19.3 Å². The first-order valence-corrected chi connectivity index (χ1v) is 7.87. The Kier molecular flexibility index (Phi) is 4.75. The summed E-state index contributed by atoms with van der Waals surface area (Å²) < 4.78 is 10.5. The number of ether oxygens (including phenoxy) is 1. The molecule has 3 rings (SSSR count). The maximum atomic E-state index is 12.8. The second kappa shape index (κ2) is 7.13. The summed E-state index contributed by atoms with van der Waals surface area (Å²) in [7, 11) is 1.37. The van der Waals surface area contributed by atoms with E-state index in [1.165, 1.54) is 7.11 Å². The number of fused-ring (bicyclic) bond motifs is 1. The first-order valence-electron chi connectivity index (χ1n) is 7.87. The van der Waals surface area contributed by atoms with Crippen LogP contribution in [0.2, 0.25) is 0 Å². The van der Waals surface area contributed by atoms with Gasteiger partial charge in [-0.25, -0.2) is 0 Å². The average Bonchev–Trinajstić information content (AvgIpc) is 3.00. The van der Waals surface area contributed by atoms with Crippen molar-refractivity contribution in [1.82, 2.24) is 0 Å². The van der Waals surface area contributed by atoms with Gasteiger partial charge < -0.3 is 9.15 Å². The Morgan fingerprint density at radius 1 is 1.00 bits per heavy atom. The molecule has 0 atom stereocenters. The van der Waals surface area contributed by atoms with Crippen LogP contribution >= 0.6 is 0 Å². The molecule has 0 amide bonds. The molecule has 0 spiro atoms. The normalized spacial score (nSPS) is 10.7. The van der Waals surface area contributed by atoms with Gasteiger partial charge in [-0.05, 0) is 18.9 Å². The minimum absolute atomic E-state index is 0.139. The number of aryl methyl sites for hydroxylation is 1. The number of benzene rings is 2. The van der Waals surface area contributed by atoms with Crippen LogP contribution in [0.3, 0.4) is 0 Å². The molecular formula is C20H18O4. The molecule has 2 aromatic carbocycles. The highest BCUT2D eigenvalue weighted by molar-refractivity contribution is 6.10. The summed E-state index contributed by atoms with van der Waals surface area (Å²) in [5, 5.41) is 0.918. The van der Waals surface area contributed by atoms with E-state index in [4.69, 9.17) is 4.42 Å². The van der Waals surface area contributed by atoms with Crippen molar-refractivity contribution in [3.63, 3.8) is 0 Å². The number of ketones is 1. The Morgan fingerprint density at radius 2 is 1.71 bits per heavy atom. The van der Waals surface area contributed by atoms with Gasteiger partial charge in [0.2, 0.25) is 5.78 Å². The number of hydrogen-bond donors (Lipinski definition) is 0. The van der Waals surface area contributed by atoms with Crippen LogP contribution in [-0.2, 0) is 16.0 Å². The summed E-state index contributed by atoms with van der Waals surface area (Å²) >= 11 is 0. The zero-order chi connectivity index (χ0) is 16.9. The third kappa shape index (κ3) is 3.23. The van der Waals surface area contributed by atoms with Gasteiger partial charge in [-0.15, -0.1) is 0 Å². The molecule has 0 saturated heterocycles. The van der Waals surface area contributed by atoms with E-state index in [9.17, 15) is 9.59 Å². The summed E-state index contributed by atoms with van der Waals surface area (Å²) in [6.07, 6.45) is 1.50. The lowest BCUT2D eigenvalue weighted by atomic mass is 10.00. The lowest BCUT2D eigenvalue weighted by Gasteiger charge is -2.03. The third-order valence-corrected chi connectivity index (χ3v) is 3.98. The van der Waals surface area contributed by atoms with Crippen molar-refractivity contribution in [3.8, 4) is 0 Å². The van der Waals surface area contributed by atoms with Gasteiger partial charge >= 0.3 is 5.97 Å². The van der Waals surface area contributed by atoms with Crippen molar-refractivity contribution in [2.75, 3.05) is 7.11 Å². The first kappa shape index (κ1) is 16.0. The van der Waals surface area contributed by atoms with Crippen LogP contribution < -0.4 is 0 Å². The van der Waals surface area contributed by atoms with Gasteiger partial charge in [0.15, 0.2) is 5.76 Å². The Hall–Kier alpha value is -2.88. The van der Waals surface area contributed by atoms with E-state index in [2.05, 4.69) is 4.74 Å². The third-order valence-electron chi connectivity index (χ3n) is 3.98. The zero-order valence-electron chi connectivity index (χ0n) is 13.5. The van der Waals surface area contributed by atoms with Crippen LogP contribution in [0.5, 0.6) is 0 Å². The minimum atomic E-state index is -0.251. The maximum absolute atomic E-state index is 12.8. The molecule has 4 nitrogen and oxygen atoms in total. The molecular weight excluding hydrogens is 304 g/mol. The van der Waals surface area contributed by atoms with E-state index in [1.54, 1.807) is 12.1 Å². The average molecular weight is 322 g/mol. The smallest absolute Gasteiger partial charge is 0.305 e. The molecule has 24 heavy (non-hydrogen) atoms. The molecule has 0 unspecified atom stereocenters. The number of rotatable bonds is 6. The maximum Gasteiger partial charge on any atom is 0.305 e. The zero-order valence-corrected chi connectivity index (χ0v) is 13.5.